The maximum absolute atomic E-state index is 11.8. The minimum atomic E-state index is -0.144. The summed E-state index contributed by atoms with van der Waals surface area (Å²) in [5.41, 5.74) is 0.575. The van der Waals surface area contributed by atoms with Crippen LogP contribution in [0.2, 0.25) is 0 Å². The van der Waals surface area contributed by atoms with Crippen LogP contribution in [-0.4, -0.2) is 24.1 Å². The summed E-state index contributed by atoms with van der Waals surface area (Å²) in [7, 11) is 0. The molecule has 17 heavy (non-hydrogen) atoms. The highest BCUT2D eigenvalue weighted by Crippen LogP contribution is 2.10. The second-order valence-electron chi connectivity index (χ2n) is 3.64. The molecule has 0 amide bonds. The monoisotopic (exact) mass is 247 g/mol. The molecule has 0 saturated carbocycles. The van der Waals surface area contributed by atoms with E-state index in [1.165, 1.54) is 21.9 Å². The van der Waals surface area contributed by atoms with E-state index >= 15 is 0 Å². The molecule has 0 N–H and O–H groups in total. The third-order valence-corrected chi connectivity index (χ3v) is 3.13. The third kappa shape index (κ3) is 1.84. The minimum Gasteiger partial charge on any atom is -0.331 e. The standard InChI is InChI=1S/C10H9N5OS/c1-7-13-15-9(16)4-8(12-10(15)17-7)5-14-3-2-11-6-14/h2-4,6H,5H2,1H3. The molecular formula is C10H9N5OS. The van der Waals surface area contributed by atoms with Crippen LogP contribution in [0.4, 0.5) is 0 Å². The molecule has 3 aromatic heterocycles. The number of nitrogens with zero attached hydrogens (tertiary/aromatic N) is 5. The molecule has 0 aliphatic heterocycles. The summed E-state index contributed by atoms with van der Waals surface area (Å²) in [4.78, 5) is 20.8. The Hall–Kier alpha value is -2.02. The van der Waals surface area contributed by atoms with Crippen molar-refractivity contribution < 1.29 is 0 Å². The molecule has 0 radical (unpaired) electrons. The molecule has 86 valence electrons. The molecule has 0 spiro atoms. The zero-order valence-corrected chi connectivity index (χ0v) is 9.89. The van der Waals surface area contributed by atoms with Crippen molar-refractivity contribution >= 4 is 16.3 Å². The Morgan fingerprint density at radius 1 is 1.47 bits per heavy atom. The second kappa shape index (κ2) is 3.77. The summed E-state index contributed by atoms with van der Waals surface area (Å²) < 4.78 is 3.20. The van der Waals surface area contributed by atoms with Gasteiger partial charge in [-0.1, -0.05) is 11.3 Å². The molecule has 0 fully saturated rings. The van der Waals surface area contributed by atoms with E-state index in [-0.39, 0.29) is 5.56 Å². The van der Waals surface area contributed by atoms with Gasteiger partial charge in [-0.3, -0.25) is 4.79 Å². The normalized spacial score (nSPS) is 11.1. The molecule has 0 aliphatic carbocycles. The highest BCUT2D eigenvalue weighted by atomic mass is 32.1. The van der Waals surface area contributed by atoms with Gasteiger partial charge >= 0.3 is 0 Å². The molecule has 0 unspecified atom stereocenters. The molecule has 0 aromatic carbocycles. The van der Waals surface area contributed by atoms with Crippen molar-refractivity contribution in [2.75, 3.05) is 0 Å². The van der Waals surface area contributed by atoms with Gasteiger partial charge in [0, 0.05) is 18.5 Å². The zero-order valence-electron chi connectivity index (χ0n) is 9.07. The number of hydrogen-bond donors (Lipinski definition) is 0. The molecule has 0 aliphatic rings. The van der Waals surface area contributed by atoms with Crippen molar-refractivity contribution in [2.24, 2.45) is 0 Å². The quantitative estimate of drug-likeness (QED) is 0.668. The van der Waals surface area contributed by atoms with E-state index in [2.05, 4.69) is 15.1 Å². The lowest BCUT2D eigenvalue weighted by atomic mass is 10.4. The van der Waals surface area contributed by atoms with Gasteiger partial charge in [-0.25, -0.2) is 9.97 Å². The van der Waals surface area contributed by atoms with Crippen LogP contribution in [0, 0.1) is 6.92 Å². The van der Waals surface area contributed by atoms with Crippen LogP contribution in [-0.2, 0) is 6.54 Å². The van der Waals surface area contributed by atoms with Crippen molar-refractivity contribution in [3.63, 3.8) is 0 Å². The van der Waals surface area contributed by atoms with E-state index in [4.69, 9.17) is 0 Å². The molecule has 7 heteroatoms. The number of aromatic nitrogens is 5. The number of rotatable bonds is 2. The first-order chi connectivity index (χ1) is 8.22. The van der Waals surface area contributed by atoms with Gasteiger partial charge in [-0.05, 0) is 6.92 Å². The van der Waals surface area contributed by atoms with Crippen molar-refractivity contribution in [1.82, 2.24) is 24.1 Å². The van der Waals surface area contributed by atoms with Gasteiger partial charge in [0.2, 0.25) is 4.96 Å². The van der Waals surface area contributed by atoms with Crippen LogP contribution in [0.3, 0.4) is 0 Å². The Morgan fingerprint density at radius 3 is 3.12 bits per heavy atom. The van der Waals surface area contributed by atoms with E-state index < -0.39 is 0 Å². The van der Waals surface area contributed by atoms with E-state index in [9.17, 15) is 4.79 Å². The van der Waals surface area contributed by atoms with E-state index in [1.54, 1.807) is 12.5 Å². The van der Waals surface area contributed by atoms with Gasteiger partial charge < -0.3 is 4.57 Å². The molecule has 0 atom stereocenters. The van der Waals surface area contributed by atoms with Gasteiger partial charge in [0.1, 0.15) is 5.01 Å². The Bertz CT molecular complexity index is 712. The van der Waals surface area contributed by atoms with Gasteiger partial charge in [0.25, 0.3) is 5.56 Å². The molecule has 6 nitrogen and oxygen atoms in total. The van der Waals surface area contributed by atoms with E-state index in [0.717, 1.165) is 10.7 Å². The number of hydrogen-bond acceptors (Lipinski definition) is 5. The Balaban J connectivity index is 2.09. The summed E-state index contributed by atoms with van der Waals surface area (Å²) in [5, 5.41) is 4.92. The Morgan fingerprint density at radius 2 is 2.35 bits per heavy atom. The van der Waals surface area contributed by atoms with Crippen LogP contribution in [0.25, 0.3) is 4.96 Å². The lowest BCUT2D eigenvalue weighted by Crippen LogP contribution is -2.16. The van der Waals surface area contributed by atoms with Gasteiger partial charge in [0.05, 0.1) is 18.6 Å². The maximum Gasteiger partial charge on any atom is 0.275 e. The fourth-order valence-corrected chi connectivity index (χ4v) is 2.37. The number of aryl methyl sites for hydroxylation is 1. The first-order valence-electron chi connectivity index (χ1n) is 5.04. The topological polar surface area (TPSA) is 65.1 Å². The van der Waals surface area contributed by atoms with Crippen LogP contribution < -0.4 is 5.56 Å². The molecular weight excluding hydrogens is 238 g/mol. The third-order valence-electron chi connectivity index (χ3n) is 2.30. The molecule has 3 heterocycles. The molecule has 3 rings (SSSR count). The van der Waals surface area contributed by atoms with E-state index in [1.807, 2.05) is 17.7 Å². The molecule has 0 saturated heterocycles. The first-order valence-corrected chi connectivity index (χ1v) is 5.86. The van der Waals surface area contributed by atoms with Crippen LogP contribution in [0.15, 0.2) is 29.6 Å². The van der Waals surface area contributed by atoms with Crippen LogP contribution in [0.5, 0.6) is 0 Å². The highest BCUT2D eigenvalue weighted by Gasteiger charge is 2.06. The van der Waals surface area contributed by atoms with Gasteiger partial charge in [0.15, 0.2) is 0 Å². The first kappa shape index (κ1) is 10.2. The second-order valence-corrected chi connectivity index (χ2v) is 4.80. The van der Waals surface area contributed by atoms with Crippen molar-refractivity contribution in [1.29, 1.82) is 0 Å². The predicted molar refractivity (Wildman–Crippen MR) is 63.2 cm³/mol. The minimum absolute atomic E-state index is 0.144. The average molecular weight is 247 g/mol. The fourth-order valence-electron chi connectivity index (χ4n) is 1.60. The largest absolute Gasteiger partial charge is 0.331 e. The fraction of sp³-hybridized carbons (Fsp3) is 0.200. The van der Waals surface area contributed by atoms with Crippen LogP contribution in [0.1, 0.15) is 10.7 Å². The SMILES string of the molecule is Cc1nn2c(=O)cc(Cn3ccnc3)nc2s1. The lowest BCUT2D eigenvalue weighted by Gasteiger charge is -2.00. The number of fused-ring (bicyclic) bond motifs is 1. The van der Waals surface area contributed by atoms with Crippen molar-refractivity contribution in [3.8, 4) is 0 Å². The Labute approximate surface area is 100 Å². The highest BCUT2D eigenvalue weighted by molar-refractivity contribution is 7.16. The molecule has 0 bridgehead atoms. The van der Waals surface area contributed by atoms with Gasteiger partial charge in [-0.15, -0.1) is 0 Å². The predicted octanol–water partition coefficient (Wildman–Crippen LogP) is 0.704. The summed E-state index contributed by atoms with van der Waals surface area (Å²) in [6.07, 6.45) is 5.23. The van der Waals surface area contributed by atoms with E-state index in [0.29, 0.717) is 11.5 Å². The van der Waals surface area contributed by atoms with Crippen molar-refractivity contribution in [2.45, 2.75) is 13.5 Å². The maximum atomic E-state index is 11.8. The zero-order chi connectivity index (χ0) is 11.8. The average Bonchev–Trinajstić information content (AvgIpc) is 2.87. The Kier molecular flexibility index (Phi) is 2.25. The van der Waals surface area contributed by atoms with Gasteiger partial charge in [-0.2, -0.15) is 9.61 Å². The molecule has 3 aromatic rings. The summed E-state index contributed by atoms with van der Waals surface area (Å²) in [5.74, 6) is 0. The number of imidazole rings is 1. The van der Waals surface area contributed by atoms with Crippen molar-refractivity contribution in [3.05, 3.63) is 45.8 Å². The lowest BCUT2D eigenvalue weighted by molar-refractivity contribution is 0.761. The van der Waals surface area contributed by atoms with Crippen LogP contribution >= 0.6 is 11.3 Å². The summed E-state index contributed by atoms with van der Waals surface area (Å²) >= 11 is 1.41. The summed E-state index contributed by atoms with van der Waals surface area (Å²) in [6.45, 7) is 2.40. The summed E-state index contributed by atoms with van der Waals surface area (Å²) in [6, 6.07) is 1.51. The smallest absolute Gasteiger partial charge is 0.275 e.